The molecule has 0 unspecified atom stereocenters. The minimum absolute atomic E-state index is 0.256. The Balaban J connectivity index is 1.62. The molecule has 27 heavy (non-hydrogen) atoms. The average Bonchev–Trinajstić information content (AvgIpc) is 3.09. The molecule has 3 aromatic rings. The summed E-state index contributed by atoms with van der Waals surface area (Å²) in [5, 5.41) is 4.00. The molecule has 4 rings (SSSR count). The number of nitrogens with zero attached hydrogens (tertiary/aromatic N) is 2. The number of amides is 1. The van der Waals surface area contributed by atoms with Crippen molar-refractivity contribution in [2.45, 2.75) is 0 Å². The molecule has 1 aliphatic heterocycles. The fourth-order valence-corrected chi connectivity index (χ4v) is 4.40. The Morgan fingerprint density at radius 1 is 1.15 bits per heavy atom. The second-order valence-electron chi connectivity index (χ2n) is 6.67. The molecule has 4 nitrogen and oxygen atoms in total. The number of nitrogens with one attached hydrogen (secondary N) is 1. The number of thiophene rings is 1. The number of hydrogen-bond acceptors (Lipinski definition) is 4. The number of halogens is 2. The van der Waals surface area contributed by atoms with Crippen molar-refractivity contribution in [3.05, 3.63) is 58.2 Å². The first kappa shape index (κ1) is 18.2. The van der Waals surface area contributed by atoms with Crippen LogP contribution in [0.2, 0.25) is 5.02 Å². The lowest BCUT2D eigenvalue weighted by atomic mass is 10.2. The third kappa shape index (κ3) is 3.78. The van der Waals surface area contributed by atoms with Crippen LogP contribution >= 0.6 is 22.9 Å². The van der Waals surface area contributed by atoms with Gasteiger partial charge in [0.1, 0.15) is 5.82 Å². The first-order valence-corrected chi connectivity index (χ1v) is 9.93. The average molecular weight is 404 g/mol. The van der Waals surface area contributed by atoms with Gasteiger partial charge in [0.15, 0.2) is 0 Å². The number of carbonyl (C=O) groups excluding carboxylic acids is 1. The molecule has 0 atom stereocenters. The van der Waals surface area contributed by atoms with E-state index in [1.807, 2.05) is 18.2 Å². The molecular formula is C20H19ClFN3OS. The zero-order chi connectivity index (χ0) is 19.0. The highest BCUT2D eigenvalue weighted by Gasteiger charge is 2.20. The monoisotopic (exact) mass is 403 g/mol. The Bertz CT molecular complexity index is 998. The predicted octanol–water partition coefficient (Wildman–Crippen LogP) is 4.70. The van der Waals surface area contributed by atoms with E-state index in [0.29, 0.717) is 21.0 Å². The Hall–Kier alpha value is -2.15. The van der Waals surface area contributed by atoms with Gasteiger partial charge in [-0.05, 0) is 43.4 Å². The van der Waals surface area contributed by atoms with E-state index < -0.39 is 0 Å². The summed E-state index contributed by atoms with van der Waals surface area (Å²) in [6, 6.07) is 12.0. The molecule has 1 amide bonds. The molecule has 0 aliphatic carbocycles. The van der Waals surface area contributed by atoms with Gasteiger partial charge in [0.2, 0.25) is 0 Å². The van der Waals surface area contributed by atoms with Crippen LogP contribution in [0.3, 0.4) is 0 Å². The highest BCUT2D eigenvalue weighted by atomic mass is 35.5. The zero-order valence-electron chi connectivity index (χ0n) is 14.8. The first-order chi connectivity index (χ1) is 13.0. The van der Waals surface area contributed by atoms with Crippen LogP contribution in [0, 0.1) is 5.82 Å². The van der Waals surface area contributed by atoms with Gasteiger partial charge in [-0.15, -0.1) is 11.3 Å². The predicted molar refractivity (Wildman–Crippen MR) is 111 cm³/mol. The maximum absolute atomic E-state index is 13.9. The molecule has 7 heteroatoms. The lowest BCUT2D eigenvalue weighted by molar-refractivity contribution is 0.103. The number of fused-ring (bicyclic) bond motifs is 1. The van der Waals surface area contributed by atoms with Crippen molar-refractivity contribution in [1.29, 1.82) is 0 Å². The largest absolute Gasteiger partial charge is 0.367 e. The molecule has 0 radical (unpaired) electrons. The van der Waals surface area contributed by atoms with Crippen LogP contribution in [0.25, 0.3) is 10.1 Å². The minimum Gasteiger partial charge on any atom is -0.367 e. The second kappa shape index (κ2) is 7.46. The molecule has 2 heterocycles. The summed E-state index contributed by atoms with van der Waals surface area (Å²) >= 11 is 7.45. The van der Waals surface area contributed by atoms with Crippen molar-refractivity contribution in [2.24, 2.45) is 0 Å². The van der Waals surface area contributed by atoms with Crippen LogP contribution in [-0.2, 0) is 0 Å². The van der Waals surface area contributed by atoms with Crippen molar-refractivity contribution in [3.63, 3.8) is 0 Å². The summed E-state index contributed by atoms with van der Waals surface area (Å²) < 4.78 is 14.7. The second-order valence-corrected chi connectivity index (χ2v) is 8.19. The van der Waals surface area contributed by atoms with Gasteiger partial charge in [0.25, 0.3) is 5.91 Å². The Kier molecular flexibility index (Phi) is 5.04. The van der Waals surface area contributed by atoms with E-state index in [0.717, 1.165) is 36.6 Å². The molecule has 1 aliphatic rings. The smallest absolute Gasteiger partial charge is 0.265 e. The SMILES string of the molecule is CN1CCN(c2ccc(Cl)cc2NC(=O)c2cc3c(F)cccc3s2)CC1. The number of piperazine rings is 1. The van der Waals surface area contributed by atoms with Crippen molar-refractivity contribution in [1.82, 2.24) is 4.90 Å². The van der Waals surface area contributed by atoms with E-state index in [2.05, 4.69) is 22.2 Å². The number of anilines is 2. The third-order valence-electron chi connectivity index (χ3n) is 4.78. The summed E-state index contributed by atoms with van der Waals surface area (Å²) in [5.41, 5.74) is 1.63. The van der Waals surface area contributed by atoms with Crippen LogP contribution < -0.4 is 10.2 Å². The van der Waals surface area contributed by atoms with Gasteiger partial charge in [-0.1, -0.05) is 17.7 Å². The molecule has 0 saturated carbocycles. The standard InChI is InChI=1S/C20H19ClFN3OS/c1-24-7-9-25(10-8-24)17-6-5-13(21)11-16(17)23-20(26)19-12-14-15(22)3-2-4-18(14)27-19/h2-6,11-12H,7-10H2,1H3,(H,23,26). The lowest BCUT2D eigenvalue weighted by Crippen LogP contribution is -2.44. The molecule has 0 spiro atoms. The summed E-state index contributed by atoms with van der Waals surface area (Å²) in [6.45, 7) is 3.70. The zero-order valence-corrected chi connectivity index (χ0v) is 16.4. The third-order valence-corrected chi connectivity index (χ3v) is 6.12. The number of likely N-dealkylation sites (N-methyl/N-ethyl adjacent to an activating group) is 1. The van der Waals surface area contributed by atoms with Crippen LogP contribution in [0.4, 0.5) is 15.8 Å². The maximum atomic E-state index is 13.9. The van der Waals surface area contributed by atoms with Crippen LogP contribution in [0.5, 0.6) is 0 Å². The van der Waals surface area contributed by atoms with E-state index in [-0.39, 0.29) is 11.7 Å². The fourth-order valence-electron chi connectivity index (χ4n) is 3.25. The Labute approximate surface area is 166 Å². The van der Waals surface area contributed by atoms with E-state index in [9.17, 15) is 9.18 Å². The highest BCUT2D eigenvalue weighted by molar-refractivity contribution is 7.20. The molecule has 1 fully saturated rings. The normalized spacial score (nSPS) is 15.3. The maximum Gasteiger partial charge on any atom is 0.265 e. The fraction of sp³-hybridized carbons (Fsp3) is 0.250. The van der Waals surface area contributed by atoms with Crippen LogP contribution in [-0.4, -0.2) is 44.0 Å². The quantitative estimate of drug-likeness (QED) is 0.688. The summed E-state index contributed by atoms with van der Waals surface area (Å²) in [5.74, 6) is -0.572. The van der Waals surface area contributed by atoms with Gasteiger partial charge >= 0.3 is 0 Å². The van der Waals surface area contributed by atoms with Crippen molar-refractivity contribution >= 4 is 50.3 Å². The van der Waals surface area contributed by atoms with Crippen LogP contribution in [0.1, 0.15) is 9.67 Å². The van der Waals surface area contributed by atoms with E-state index in [1.54, 1.807) is 18.2 Å². The van der Waals surface area contributed by atoms with E-state index in [4.69, 9.17) is 11.6 Å². The summed E-state index contributed by atoms with van der Waals surface area (Å²) in [7, 11) is 2.10. The molecule has 140 valence electrons. The summed E-state index contributed by atoms with van der Waals surface area (Å²) in [6.07, 6.45) is 0. The van der Waals surface area contributed by atoms with Gasteiger partial charge in [-0.25, -0.2) is 4.39 Å². The molecule has 1 saturated heterocycles. The summed E-state index contributed by atoms with van der Waals surface area (Å²) in [4.78, 5) is 17.8. The number of benzene rings is 2. The van der Waals surface area contributed by atoms with Gasteiger partial charge in [0.05, 0.1) is 16.3 Å². The van der Waals surface area contributed by atoms with E-state index in [1.165, 1.54) is 17.4 Å². The molecule has 1 N–H and O–H groups in total. The molecule has 2 aromatic carbocycles. The number of hydrogen-bond donors (Lipinski definition) is 1. The molecule has 1 aromatic heterocycles. The van der Waals surface area contributed by atoms with E-state index >= 15 is 0 Å². The minimum atomic E-state index is -0.316. The van der Waals surface area contributed by atoms with Gasteiger partial charge < -0.3 is 15.1 Å². The highest BCUT2D eigenvalue weighted by Crippen LogP contribution is 2.32. The van der Waals surface area contributed by atoms with Gasteiger partial charge in [0, 0.05) is 41.3 Å². The van der Waals surface area contributed by atoms with Gasteiger partial charge in [-0.3, -0.25) is 4.79 Å². The molecular weight excluding hydrogens is 385 g/mol. The van der Waals surface area contributed by atoms with Gasteiger partial charge in [-0.2, -0.15) is 0 Å². The number of rotatable bonds is 3. The lowest BCUT2D eigenvalue weighted by Gasteiger charge is -2.35. The van der Waals surface area contributed by atoms with Crippen molar-refractivity contribution in [3.8, 4) is 0 Å². The number of carbonyl (C=O) groups is 1. The Morgan fingerprint density at radius 2 is 1.93 bits per heavy atom. The topological polar surface area (TPSA) is 35.6 Å². The van der Waals surface area contributed by atoms with Crippen LogP contribution in [0.15, 0.2) is 42.5 Å². The van der Waals surface area contributed by atoms with Crippen molar-refractivity contribution < 1.29 is 9.18 Å². The molecule has 0 bridgehead atoms. The van der Waals surface area contributed by atoms with Crippen molar-refractivity contribution in [2.75, 3.05) is 43.4 Å². The first-order valence-electron chi connectivity index (χ1n) is 8.74. The Morgan fingerprint density at radius 3 is 2.67 bits per heavy atom.